The minimum Gasteiger partial charge on any atom is -0.378 e. The molecule has 0 spiro atoms. The van der Waals surface area contributed by atoms with E-state index in [0.29, 0.717) is 12.1 Å². The zero-order chi connectivity index (χ0) is 10.9. The van der Waals surface area contributed by atoms with Crippen LogP contribution in [0, 0.1) is 0 Å². The van der Waals surface area contributed by atoms with Crippen molar-refractivity contribution in [3.63, 3.8) is 0 Å². The Labute approximate surface area is 98.5 Å². The first-order chi connectivity index (χ1) is 7.33. The summed E-state index contributed by atoms with van der Waals surface area (Å²) in [6, 6.07) is 0.668. The quantitative estimate of drug-likeness (QED) is 0.649. The summed E-state index contributed by atoms with van der Waals surface area (Å²) in [6.07, 6.45) is 9.06. The van der Waals surface area contributed by atoms with Crippen molar-refractivity contribution in [3.8, 4) is 0 Å². The van der Waals surface area contributed by atoms with Crippen LogP contribution in [0.25, 0.3) is 0 Å². The Hall–Kier alpha value is 0.270. The molecule has 2 nitrogen and oxygen atoms in total. The van der Waals surface area contributed by atoms with Gasteiger partial charge in [-0.25, -0.2) is 0 Å². The van der Waals surface area contributed by atoms with Crippen molar-refractivity contribution in [2.75, 3.05) is 25.2 Å². The van der Waals surface area contributed by atoms with Gasteiger partial charge in [0, 0.05) is 12.6 Å². The van der Waals surface area contributed by atoms with E-state index in [1.54, 1.807) is 0 Å². The van der Waals surface area contributed by atoms with E-state index in [4.69, 9.17) is 4.74 Å². The summed E-state index contributed by atoms with van der Waals surface area (Å²) >= 11 is 1.93. The van der Waals surface area contributed by atoms with Crippen LogP contribution in [-0.4, -0.2) is 37.3 Å². The van der Waals surface area contributed by atoms with E-state index in [9.17, 15) is 0 Å². The van der Waals surface area contributed by atoms with Gasteiger partial charge in [-0.1, -0.05) is 0 Å². The maximum absolute atomic E-state index is 5.59. The molecule has 0 saturated carbocycles. The van der Waals surface area contributed by atoms with Gasteiger partial charge in [-0.05, 0) is 57.6 Å². The molecule has 0 aliphatic carbocycles. The van der Waals surface area contributed by atoms with Crippen LogP contribution in [0.15, 0.2) is 0 Å². The molecule has 15 heavy (non-hydrogen) atoms. The Kier molecular flexibility index (Phi) is 7.49. The molecular weight excluding hydrogens is 206 g/mol. The van der Waals surface area contributed by atoms with Crippen LogP contribution in [0.5, 0.6) is 0 Å². The lowest BCUT2D eigenvalue weighted by atomic mass is 10.1. The smallest absolute Gasteiger partial charge is 0.0576 e. The van der Waals surface area contributed by atoms with Crippen LogP contribution < -0.4 is 5.32 Å². The van der Waals surface area contributed by atoms with Crippen molar-refractivity contribution >= 4 is 11.8 Å². The highest BCUT2D eigenvalue weighted by Crippen LogP contribution is 2.16. The van der Waals surface area contributed by atoms with Crippen LogP contribution in [0.1, 0.15) is 39.0 Å². The van der Waals surface area contributed by atoms with Crippen molar-refractivity contribution in [3.05, 3.63) is 0 Å². The number of thioether (sulfide) groups is 1. The lowest BCUT2D eigenvalue weighted by molar-refractivity contribution is 0.102. The minimum absolute atomic E-state index is 0.563. The number of hydrogen-bond donors (Lipinski definition) is 1. The van der Waals surface area contributed by atoms with Gasteiger partial charge in [-0.15, -0.1) is 0 Å². The summed E-state index contributed by atoms with van der Waals surface area (Å²) in [6.45, 7) is 4.42. The Bertz CT molecular complexity index is 149. The largest absolute Gasteiger partial charge is 0.378 e. The molecule has 1 rings (SSSR count). The molecule has 1 N–H and O–H groups in total. The third-order valence-corrected chi connectivity index (χ3v) is 3.62. The van der Waals surface area contributed by atoms with Crippen LogP contribution >= 0.6 is 11.8 Å². The van der Waals surface area contributed by atoms with Crippen molar-refractivity contribution in [2.24, 2.45) is 0 Å². The van der Waals surface area contributed by atoms with Gasteiger partial charge in [0.2, 0.25) is 0 Å². The molecule has 1 fully saturated rings. The van der Waals surface area contributed by atoms with E-state index < -0.39 is 0 Å². The van der Waals surface area contributed by atoms with Gasteiger partial charge in [-0.2, -0.15) is 11.8 Å². The van der Waals surface area contributed by atoms with E-state index in [-0.39, 0.29) is 0 Å². The summed E-state index contributed by atoms with van der Waals surface area (Å²) < 4.78 is 5.59. The summed E-state index contributed by atoms with van der Waals surface area (Å²) in [5.41, 5.74) is 0. The molecule has 0 amide bonds. The second-order valence-corrected chi connectivity index (χ2v) is 5.40. The van der Waals surface area contributed by atoms with E-state index >= 15 is 0 Å². The normalized spacial score (nSPS) is 23.2. The Morgan fingerprint density at radius 2 is 2.40 bits per heavy atom. The first kappa shape index (κ1) is 13.3. The number of rotatable bonds is 8. The third kappa shape index (κ3) is 6.44. The molecule has 3 heteroatoms. The molecule has 0 radical (unpaired) electrons. The molecule has 0 bridgehead atoms. The minimum atomic E-state index is 0.563. The molecule has 0 aromatic carbocycles. The summed E-state index contributed by atoms with van der Waals surface area (Å²) in [5.74, 6) is 1.26. The molecule has 1 aliphatic rings. The van der Waals surface area contributed by atoms with Crippen LogP contribution in [-0.2, 0) is 4.74 Å². The fraction of sp³-hybridized carbons (Fsp3) is 1.00. The molecule has 1 saturated heterocycles. The second kappa shape index (κ2) is 8.43. The van der Waals surface area contributed by atoms with Crippen LogP contribution in [0.2, 0.25) is 0 Å². The molecule has 90 valence electrons. The average Bonchev–Trinajstić information content (AvgIpc) is 2.74. The van der Waals surface area contributed by atoms with E-state index in [0.717, 1.165) is 13.2 Å². The second-order valence-electron chi connectivity index (χ2n) is 4.41. The van der Waals surface area contributed by atoms with Gasteiger partial charge in [0.05, 0.1) is 6.10 Å². The summed E-state index contributed by atoms with van der Waals surface area (Å²) in [5, 5.41) is 3.57. The predicted molar refractivity (Wildman–Crippen MR) is 68.7 cm³/mol. The zero-order valence-electron chi connectivity index (χ0n) is 10.1. The maximum atomic E-state index is 5.59. The van der Waals surface area contributed by atoms with Gasteiger partial charge in [0.15, 0.2) is 0 Å². The monoisotopic (exact) mass is 231 g/mol. The Morgan fingerprint density at radius 3 is 3.07 bits per heavy atom. The van der Waals surface area contributed by atoms with E-state index in [2.05, 4.69) is 18.5 Å². The summed E-state index contributed by atoms with van der Waals surface area (Å²) in [7, 11) is 0. The lowest BCUT2D eigenvalue weighted by Gasteiger charge is -2.14. The highest BCUT2D eigenvalue weighted by molar-refractivity contribution is 7.98. The topological polar surface area (TPSA) is 21.3 Å². The van der Waals surface area contributed by atoms with E-state index in [1.165, 1.54) is 37.9 Å². The highest BCUT2D eigenvalue weighted by Gasteiger charge is 2.14. The van der Waals surface area contributed by atoms with Gasteiger partial charge in [0.25, 0.3) is 0 Å². The lowest BCUT2D eigenvalue weighted by Crippen LogP contribution is -2.28. The fourth-order valence-corrected chi connectivity index (χ4v) is 2.54. The maximum Gasteiger partial charge on any atom is 0.0576 e. The van der Waals surface area contributed by atoms with Crippen LogP contribution in [0.3, 0.4) is 0 Å². The van der Waals surface area contributed by atoms with Gasteiger partial charge < -0.3 is 10.1 Å². The summed E-state index contributed by atoms with van der Waals surface area (Å²) in [4.78, 5) is 0. The van der Waals surface area contributed by atoms with Crippen LogP contribution in [0.4, 0.5) is 0 Å². The highest BCUT2D eigenvalue weighted by atomic mass is 32.2. The Morgan fingerprint density at radius 1 is 1.53 bits per heavy atom. The van der Waals surface area contributed by atoms with Crippen molar-refractivity contribution in [1.29, 1.82) is 0 Å². The third-order valence-electron chi connectivity index (χ3n) is 2.97. The van der Waals surface area contributed by atoms with Gasteiger partial charge >= 0.3 is 0 Å². The number of ether oxygens (including phenoxy) is 1. The fourth-order valence-electron chi connectivity index (χ4n) is 1.95. The molecule has 1 heterocycles. The SMILES string of the molecule is CSCCC(C)NCCCC1CCCO1. The molecule has 0 aromatic rings. The number of nitrogens with one attached hydrogen (secondary N) is 1. The molecule has 2 atom stereocenters. The molecular formula is C12H25NOS. The van der Waals surface area contributed by atoms with Gasteiger partial charge in [0.1, 0.15) is 0 Å². The molecule has 1 aliphatic heterocycles. The number of hydrogen-bond acceptors (Lipinski definition) is 3. The van der Waals surface area contributed by atoms with Crippen molar-refractivity contribution < 1.29 is 4.74 Å². The first-order valence-electron chi connectivity index (χ1n) is 6.17. The molecule has 0 aromatic heterocycles. The predicted octanol–water partition coefficient (Wildman–Crippen LogP) is 2.68. The van der Waals surface area contributed by atoms with Crippen molar-refractivity contribution in [1.82, 2.24) is 5.32 Å². The average molecular weight is 231 g/mol. The Balaban J connectivity index is 1.87. The van der Waals surface area contributed by atoms with Gasteiger partial charge in [-0.3, -0.25) is 0 Å². The molecule has 2 unspecified atom stereocenters. The first-order valence-corrected chi connectivity index (χ1v) is 7.56. The zero-order valence-corrected chi connectivity index (χ0v) is 10.9. The van der Waals surface area contributed by atoms with Crippen molar-refractivity contribution in [2.45, 2.75) is 51.2 Å². The standard InChI is InChI=1S/C12H25NOS/c1-11(7-10-15-2)13-8-3-5-12-6-4-9-14-12/h11-13H,3-10H2,1-2H3. The van der Waals surface area contributed by atoms with E-state index in [1.807, 2.05) is 11.8 Å².